The highest BCUT2D eigenvalue weighted by molar-refractivity contribution is 5.04. The number of aromatic nitrogens is 2. The van der Waals surface area contributed by atoms with Crippen molar-refractivity contribution in [3.05, 3.63) is 18.0 Å². The molecule has 1 heterocycles. The van der Waals surface area contributed by atoms with Crippen molar-refractivity contribution in [2.24, 2.45) is 18.4 Å². The van der Waals surface area contributed by atoms with Gasteiger partial charge in [-0.2, -0.15) is 5.10 Å². The number of nitrogens with zero attached hydrogens (tertiary/aromatic N) is 2. The van der Waals surface area contributed by atoms with Crippen LogP contribution in [0.15, 0.2) is 12.4 Å². The third-order valence-electron chi connectivity index (χ3n) is 4.16. The molecule has 1 rings (SSSR count). The Balaban J connectivity index is 2.60. The van der Waals surface area contributed by atoms with E-state index in [9.17, 15) is 0 Å². The predicted octanol–water partition coefficient (Wildman–Crippen LogP) is 3.40. The van der Waals surface area contributed by atoms with Gasteiger partial charge in [0.05, 0.1) is 6.20 Å². The van der Waals surface area contributed by atoms with Crippen molar-refractivity contribution < 1.29 is 0 Å². The van der Waals surface area contributed by atoms with Gasteiger partial charge in [-0.15, -0.1) is 0 Å². The quantitative estimate of drug-likeness (QED) is 0.854. The fraction of sp³-hybridized carbons (Fsp3) is 0.812. The first-order valence-electron chi connectivity index (χ1n) is 7.35. The first-order valence-corrected chi connectivity index (χ1v) is 7.35. The molecule has 0 saturated heterocycles. The average molecular weight is 265 g/mol. The van der Waals surface area contributed by atoms with Crippen LogP contribution in [0.4, 0.5) is 0 Å². The minimum atomic E-state index is 0.185. The van der Waals surface area contributed by atoms with Gasteiger partial charge in [0, 0.05) is 25.3 Å². The van der Waals surface area contributed by atoms with Gasteiger partial charge >= 0.3 is 0 Å². The monoisotopic (exact) mass is 265 g/mol. The van der Waals surface area contributed by atoms with Gasteiger partial charge in [-0.3, -0.25) is 4.68 Å². The lowest BCUT2D eigenvalue weighted by Gasteiger charge is -2.37. The molecule has 0 aromatic carbocycles. The molecule has 0 bridgehead atoms. The van der Waals surface area contributed by atoms with E-state index in [4.69, 9.17) is 0 Å². The highest BCUT2D eigenvalue weighted by Gasteiger charge is 2.29. The molecule has 3 heteroatoms. The number of aryl methyl sites for hydroxylation is 2. The molecule has 110 valence electrons. The zero-order chi connectivity index (χ0) is 14.7. The summed E-state index contributed by atoms with van der Waals surface area (Å²) in [6.07, 6.45) is 6.41. The third kappa shape index (κ3) is 5.35. The van der Waals surface area contributed by atoms with Crippen molar-refractivity contribution >= 4 is 0 Å². The van der Waals surface area contributed by atoms with Crippen LogP contribution in [0, 0.1) is 11.3 Å². The van der Waals surface area contributed by atoms with Gasteiger partial charge in [-0.1, -0.05) is 20.8 Å². The summed E-state index contributed by atoms with van der Waals surface area (Å²) in [5.74, 6) is 0.666. The van der Waals surface area contributed by atoms with Crippen LogP contribution in [0.2, 0.25) is 0 Å². The van der Waals surface area contributed by atoms with E-state index in [1.54, 1.807) is 0 Å². The molecular weight excluding hydrogens is 234 g/mol. The van der Waals surface area contributed by atoms with E-state index in [0.717, 1.165) is 13.0 Å². The second-order valence-corrected chi connectivity index (χ2v) is 7.43. The molecule has 0 saturated carbocycles. The summed E-state index contributed by atoms with van der Waals surface area (Å²) in [5.41, 5.74) is 1.85. The van der Waals surface area contributed by atoms with Crippen molar-refractivity contribution in [2.45, 2.75) is 59.9 Å². The van der Waals surface area contributed by atoms with E-state index < -0.39 is 0 Å². The number of hydrogen-bond donors (Lipinski definition) is 1. The van der Waals surface area contributed by atoms with Gasteiger partial charge in [0.1, 0.15) is 0 Å². The van der Waals surface area contributed by atoms with Gasteiger partial charge in [0.15, 0.2) is 0 Å². The first kappa shape index (κ1) is 16.2. The first-order chi connectivity index (χ1) is 8.62. The lowest BCUT2D eigenvalue weighted by Crippen LogP contribution is -2.45. The Hall–Kier alpha value is -0.830. The summed E-state index contributed by atoms with van der Waals surface area (Å²) in [4.78, 5) is 0. The van der Waals surface area contributed by atoms with Crippen molar-refractivity contribution in [3.8, 4) is 0 Å². The van der Waals surface area contributed by atoms with Gasteiger partial charge < -0.3 is 5.32 Å². The maximum atomic E-state index is 4.25. The van der Waals surface area contributed by atoms with Crippen molar-refractivity contribution in [1.29, 1.82) is 0 Å². The predicted molar refractivity (Wildman–Crippen MR) is 82.2 cm³/mol. The van der Waals surface area contributed by atoms with Crippen LogP contribution < -0.4 is 5.32 Å². The largest absolute Gasteiger partial charge is 0.312 e. The maximum absolute atomic E-state index is 4.25. The van der Waals surface area contributed by atoms with Crippen LogP contribution in [-0.2, 0) is 13.5 Å². The molecule has 0 fully saturated rings. The van der Waals surface area contributed by atoms with Gasteiger partial charge in [0.2, 0.25) is 0 Å². The topological polar surface area (TPSA) is 29.9 Å². The smallest absolute Gasteiger partial charge is 0.0521 e. The van der Waals surface area contributed by atoms with E-state index in [2.05, 4.69) is 58.2 Å². The highest BCUT2D eigenvalue weighted by atomic mass is 15.2. The average Bonchev–Trinajstić information content (AvgIpc) is 2.68. The summed E-state index contributed by atoms with van der Waals surface area (Å²) < 4.78 is 1.88. The SMILES string of the molecule is CC(C)C(C)(CCc1cnn(C)c1)CNC(C)(C)C. The molecule has 0 aliphatic carbocycles. The van der Waals surface area contributed by atoms with Crippen LogP contribution in [0.25, 0.3) is 0 Å². The number of rotatable bonds is 6. The molecule has 0 aliphatic heterocycles. The summed E-state index contributed by atoms with van der Waals surface area (Å²) in [5, 5.41) is 7.91. The molecule has 0 amide bonds. The van der Waals surface area contributed by atoms with E-state index in [0.29, 0.717) is 11.3 Å². The molecule has 0 radical (unpaired) electrons. The van der Waals surface area contributed by atoms with Gasteiger partial charge in [0.25, 0.3) is 0 Å². The van der Waals surface area contributed by atoms with E-state index in [1.807, 2.05) is 17.9 Å². The van der Waals surface area contributed by atoms with Crippen LogP contribution in [0.1, 0.15) is 53.5 Å². The zero-order valence-corrected chi connectivity index (χ0v) is 13.7. The minimum Gasteiger partial charge on any atom is -0.312 e. The molecule has 1 unspecified atom stereocenters. The second-order valence-electron chi connectivity index (χ2n) is 7.43. The summed E-state index contributed by atoms with van der Waals surface area (Å²) in [7, 11) is 1.98. The van der Waals surface area contributed by atoms with Crippen LogP contribution >= 0.6 is 0 Å². The van der Waals surface area contributed by atoms with Gasteiger partial charge in [-0.25, -0.2) is 0 Å². The van der Waals surface area contributed by atoms with E-state index in [-0.39, 0.29) is 5.54 Å². The number of hydrogen-bond acceptors (Lipinski definition) is 2. The lowest BCUT2D eigenvalue weighted by atomic mass is 9.74. The summed E-state index contributed by atoms with van der Waals surface area (Å²) in [6, 6.07) is 0. The minimum absolute atomic E-state index is 0.185. The summed E-state index contributed by atoms with van der Waals surface area (Å²) in [6.45, 7) is 14.8. The second kappa shape index (κ2) is 6.08. The Kier molecular flexibility index (Phi) is 5.19. The molecule has 1 aromatic heterocycles. The molecule has 0 spiro atoms. The van der Waals surface area contributed by atoms with Crippen LogP contribution in [0.5, 0.6) is 0 Å². The zero-order valence-electron chi connectivity index (χ0n) is 13.7. The Morgan fingerprint density at radius 1 is 1.26 bits per heavy atom. The van der Waals surface area contributed by atoms with Crippen LogP contribution in [-0.4, -0.2) is 21.9 Å². The Bertz CT molecular complexity index is 387. The molecular formula is C16H31N3. The fourth-order valence-corrected chi connectivity index (χ4v) is 2.08. The van der Waals surface area contributed by atoms with Crippen molar-refractivity contribution in [1.82, 2.24) is 15.1 Å². The molecule has 0 aliphatic rings. The van der Waals surface area contributed by atoms with Crippen LogP contribution in [0.3, 0.4) is 0 Å². The maximum Gasteiger partial charge on any atom is 0.0521 e. The Morgan fingerprint density at radius 2 is 1.89 bits per heavy atom. The summed E-state index contributed by atoms with van der Waals surface area (Å²) >= 11 is 0. The van der Waals surface area contributed by atoms with Gasteiger partial charge in [-0.05, 0) is 50.5 Å². The van der Waals surface area contributed by atoms with Crippen molar-refractivity contribution in [2.75, 3.05) is 6.54 Å². The van der Waals surface area contributed by atoms with E-state index >= 15 is 0 Å². The Labute approximate surface area is 118 Å². The van der Waals surface area contributed by atoms with E-state index in [1.165, 1.54) is 12.0 Å². The Morgan fingerprint density at radius 3 is 2.32 bits per heavy atom. The third-order valence-corrected chi connectivity index (χ3v) is 4.16. The normalized spacial score (nSPS) is 15.8. The molecule has 1 atom stereocenters. The molecule has 19 heavy (non-hydrogen) atoms. The number of nitrogens with one attached hydrogen (secondary N) is 1. The standard InChI is InChI=1S/C16H31N3/c1-13(2)16(6,12-17-15(3,4)5)9-8-14-10-18-19(7)11-14/h10-11,13,17H,8-9,12H2,1-7H3. The molecule has 1 N–H and O–H groups in total. The van der Waals surface area contributed by atoms with Crippen molar-refractivity contribution in [3.63, 3.8) is 0 Å². The fourth-order valence-electron chi connectivity index (χ4n) is 2.08. The molecule has 3 nitrogen and oxygen atoms in total. The highest BCUT2D eigenvalue weighted by Crippen LogP contribution is 2.32. The molecule has 1 aromatic rings. The lowest BCUT2D eigenvalue weighted by molar-refractivity contribution is 0.174.